The largest absolute Gasteiger partial charge is 0.480 e. The summed E-state index contributed by atoms with van der Waals surface area (Å²) in [5.74, 6) is -3.21. The number of nitrogens with two attached hydrogens (primary N) is 1. The van der Waals surface area contributed by atoms with Crippen molar-refractivity contribution in [3.05, 3.63) is 75.8 Å². The van der Waals surface area contributed by atoms with Crippen LogP contribution in [0.3, 0.4) is 0 Å². The van der Waals surface area contributed by atoms with E-state index in [1.807, 2.05) is 30.3 Å². The van der Waals surface area contributed by atoms with Crippen LogP contribution in [0.4, 0.5) is 14.5 Å². The molecule has 0 unspecified atom stereocenters. The number of nitrogens with one attached hydrogen (secondary N) is 1. The summed E-state index contributed by atoms with van der Waals surface area (Å²) in [6.07, 6.45) is 2.01. The number of carbonyl (C=O) groups excluding carboxylic acids is 2. The third kappa shape index (κ3) is 3.56. The van der Waals surface area contributed by atoms with Crippen LogP contribution in [0.5, 0.6) is 11.5 Å². The molecule has 0 saturated carbocycles. The fourth-order valence-corrected chi connectivity index (χ4v) is 6.09. The predicted molar refractivity (Wildman–Crippen MR) is 138 cm³/mol. The number of fused-ring (bicyclic) bond motifs is 2. The Morgan fingerprint density at radius 3 is 2.66 bits per heavy atom. The van der Waals surface area contributed by atoms with Crippen molar-refractivity contribution in [1.82, 2.24) is 5.32 Å². The molecular weight excluding hydrogens is 516 g/mol. The van der Waals surface area contributed by atoms with Crippen molar-refractivity contribution < 1.29 is 27.8 Å². The van der Waals surface area contributed by atoms with Gasteiger partial charge in [0.1, 0.15) is 11.6 Å². The van der Waals surface area contributed by atoms with E-state index in [9.17, 15) is 9.59 Å². The lowest BCUT2D eigenvalue weighted by Gasteiger charge is -2.35. The maximum atomic E-state index is 16.3. The third-order valence-electron chi connectivity index (χ3n) is 7.70. The average Bonchev–Trinajstić information content (AvgIpc) is 3.57. The molecule has 38 heavy (non-hydrogen) atoms. The number of ether oxygens (including phenoxy) is 2. The molecule has 196 valence electrons. The summed E-state index contributed by atoms with van der Waals surface area (Å²) < 4.78 is 43.6. The fourth-order valence-electron chi connectivity index (χ4n) is 5.83. The van der Waals surface area contributed by atoms with Gasteiger partial charge in [-0.3, -0.25) is 9.59 Å². The quantitative estimate of drug-likeness (QED) is 0.515. The minimum absolute atomic E-state index is 0.0188. The van der Waals surface area contributed by atoms with Crippen LogP contribution in [0.15, 0.2) is 42.5 Å². The first-order chi connectivity index (χ1) is 18.2. The van der Waals surface area contributed by atoms with E-state index in [0.717, 1.165) is 24.9 Å². The molecular formula is C28H24ClF2N3O4. The molecule has 2 amide bonds. The van der Waals surface area contributed by atoms with Crippen LogP contribution in [-0.2, 0) is 16.8 Å². The lowest BCUT2D eigenvalue weighted by molar-refractivity contribution is -0.121. The third-order valence-corrected chi connectivity index (χ3v) is 8.07. The SMILES string of the molecule is CN1C(=O)COc2c1cc(C(N)=O)c(-c1c(Cl)c(F)cc3c1C[C@](c1ccccc1)([C@@H]1CCCN1)O3)c2F. The molecule has 0 bridgehead atoms. The van der Waals surface area contributed by atoms with Gasteiger partial charge in [0.05, 0.1) is 22.3 Å². The Balaban J connectivity index is 1.61. The van der Waals surface area contributed by atoms with E-state index in [2.05, 4.69) is 5.32 Å². The van der Waals surface area contributed by atoms with E-state index in [0.29, 0.717) is 5.56 Å². The van der Waals surface area contributed by atoms with Crippen molar-refractivity contribution in [2.45, 2.75) is 30.9 Å². The van der Waals surface area contributed by atoms with Crippen LogP contribution < -0.4 is 25.4 Å². The van der Waals surface area contributed by atoms with Gasteiger partial charge in [-0.25, -0.2) is 8.78 Å². The summed E-state index contributed by atoms with van der Waals surface area (Å²) >= 11 is 6.52. The van der Waals surface area contributed by atoms with E-state index in [-0.39, 0.29) is 51.4 Å². The van der Waals surface area contributed by atoms with Gasteiger partial charge in [-0.05, 0) is 31.0 Å². The smallest absolute Gasteiger partial charge is 0.264 e. The molecule has 1 saturated heterocycles. The molecule has 3 aromatic rings. The van der Waals surface area contributed by atoms with Crippen LogP contribution in [0.1, 0.15) is 34.3 Å². The number of rotatable bonds is 4. The number of likely N-dealkylation sites (N-methyl/N-ethyl adjacent to an activating group) is 1. The zero-order chi connectivity index (χ0) is 26.8. The van der Waals surface area contributed by atoms with E-state index in [1.54, 1.807) is 0 Å². The normalized spacial score (nSPS) is 22.1. The van der Waals surface area contributed by atoms with E-state index in [1.165, 1.54) is 24.1 Å². The topological polar surface area (TPSA) is 93.9 Å². The lowest BCUT2D eigenvalue weighted by Crippen LogP contribution is -2.48. The highest BCUT2D eigenvalue weighted by Crippen LogP contribution is 2.53. The van der Waals surface area contributed by atoms with Gasteiger partial charge < -0.3 is 25.4 Å². The second kappa shape index (κ2) is 8.96. The maximum absolute atomic E-state index is 16.3. The van der Waals surface area contributed by atoms with Crippen molar-refractivity contribution in [3.63, 3.8) is 0 Å². The first-order valence-electron chi connectivity index (χ1n) is 12.3. The summed E-state index contributed by atoms with van der Waals surface area (Å²) in [7, 11) is 1.44. The average molecular weight is 540 g/mol. The Morgan fingerprint density at radius 1 is 1.21 bits per heavy atom. The van der Waals surface area contributed by atoms with Gasteiger partial charge in [0.15, 0.2) is 23.8 Å². The van der Waals surface area contributed by atoms with Gasteiger partial charge in [-0.1, -0.05) is 41.9 Å². The Bertz CT molecular complexity index is 1490. The summed E-state index contributed by atoms with van der Waals surface area (Å²) in [6, 6.07) is 12.0. The summed E-state index contributed by atoms with van der Waals surface area (Å²) in [5, 5.41) is 3.13. The summed E-state index contributed by atoms with van der Waals surface area (Å²) in [4.78, 5) is 26.0. The number of nitrogens with zero attached hydrogens (tertiary/aromatic N) is 1. The molecule has 3 N–H and O–H groups in total. The van der Waals surface area contributed by atoms with Crippen molar-refractivity contribution in [2.75, 3.05) is 25.1 Å². The molecule has 10 heteroatoms. The molecule has 7 nitrogen and oxygen atoms in total. The molecule has 3 aliphatic heterocycles. The van der Waals surface area contributed by atoms with Crippen LogP contribution in [0.25, 0.3) is 11.1 Å². The number of primary amides is 1. The predicted octanol–water partition coefficient (Wildman–Crippen LogP) is 4.32. The van der Waals surface area contributed by atoms with Crippen molar-refractivity contribution in [2.24, 2.45) is 5.73 Å². The van der Waals surface area contributed by atoms with Crippen LogP contribution in [0, 0.1) is 11.6 Å². The molecule has 3 aromatic carbocycles. The highest BCUT2D eigenvalue weighted by Gasteiger charge is 2.50. The zero-order valence-corrected chi connectivity index (χ0v) is 21.2. The number of hydrogen-bond acceptors (Lipinski definition) is 5. The zero-order valence-electron chi connectivity index (χ0n) is 20.4. The molecule has 2 atom stereocenters. The van der Waals surface area contributed by atoms with Crippen LogP contribution in [0.2, 0.25) is 5.02 Å². The molecule has 6 rings (SSSR count). The highest BCUT2D eigenvalue weighted by atomic mass is 35.5. The van der Waals surface area contributed by atoms with Crippen molar-refractivity contribution in [3.8, 4) is 22.6 Å². The number of benzene rings is 3. The summed E-state index contributed by atoms with van der Waals surface area (Å²) in [5.41, 5.74) is 5.59. The number of anilines is 1. The maximum Gasteiger partial charge on any atom is 0.264 e. The molecule has 3 aliphatic rings. The molecule has 0 spiro atoms. The fraction of sp³-hybridized carbons (Fsp3) is 0.286. The van der Waals surface area contributed by atoms with Gasteiger partial charge in [0.2, 0.25) is 5.91 Å². The summed E-state index contributed by atoms with van der Waals surface area (Å²) in [6.45, 7) is 0.411. The van der Waals surface area contributed by atoms with Gasteiger partial charge in [-0.2, -0.15) is 0 Å². The Hall–Kier alpha value is -3.69. The van der Waals surface area contributed by atoms with Gasteiger partial charge >= 0.3 is 0 Å². The van der Waals surface area contributed by atoms with Crippen LogP contribution >= 0.6 is 11.6 Å². The van der Waals surface area contributed by atoms with Crippen molar-refractivity contribution >= 4 is 29.1 Å². The first-order valence-corrected chi connectivity index (χ1v) is 12.7. The second-order valence-electron chi connectivity index (χ2n) is 9.77. The second-order valence-corrected chi connectivity index (χ2v) is 10.2. The Morgan fingerprint density at radius 2 is 1.97 bits per heavy atom. The minimum Gasteiger partial charge on any atom is -0.480 e. The lowest BCUT2D eigenvalue weighted by atomic mass is 9.80. The van der Waals surface area contributed by atoms with Gasteiger partial charge in [-0.15, -0.1) is 0 Å². The Kier molecular flexibility index (Phi) is 5.81. The highest BCUT2D eigenvalue weighted by molar-refractivity contribution is 6.34. The van der Waals surface area contributed by atoms with E-state index in [4.69, 9.17) is 26.8 Å². The molecule has 3 heterocycles. The monoisotopic (exact) mass is 539 g/mol. The standard InChI is InChI=1S/C28H24ClF2N3O4/c1-34-18-10-15(27(32)36)23(25(31)26(18)37-13-21(34)35)22-16-12-28(20-8-5-9-33-20,14-6-3-2-4-7-14)38-19(16)11-17(30)24(22)29/h2-4,6-7,10-11,20,33H,5,8-9,12-13H2,1H3,(H2,32,36)/t20-,28-/m0/s1. The molecule has 0 aliphatic carbocycles. The number of halogens is 3. The number of amides is 2. The van der Waals surface area contributed by atoms with Gasteiger partial charge in [0.25, 0.3) is 5.91 Å². The Labute approximate surface area is 222 Å². The number of hydrogen-bond donors (Lipinski definition) is 2. The molecule has 1 fully saturated rings. The van der Waals surface area contributed by atoms with Crippen molar-refractivity contribution in [1.29, 1.82) is 0 Å². The minimum atomic E-state index is -0.965. The molecule has 0 radical (unpaired) electrons. The van der Waals surface area contributed by atoms with E-state index >= 15 is 8.78 Å². The number of carbonyl (C=O) groups is 2. The molecule has 0 aromatic heterocycles. The van der Waals surface area contributed by atoms with E-state index < -0.39 is 35.7 Å². The van der Waals surface area contributed by atoms with Crippen LogP contribution in [-0.4, -0.2) is 38.1 Å². The first kappa shape index (κ1) is 24.6. The van der Waals surface area contributed by atoms with Gasteiger partial charge in [0, 0.05) is 36.2 Å².